The first-order valence-corrected chi connectivity index (χ1v) is 6.67. The van der Waals surface area contributed by atoms with Gasteiger partial charge in [-0.05, 0) is 53.2 Å². The van der Waals surface area contributed by atoms with Crippen LogP contribution in [0.1, 0.15) is 39.8 Å². The van der Waals surface area contributed by atoms with E-state index in [-0.39, 0.29) is 17.2 Å². The molecule has 1 fully saturated rings. The van der Waals surface area contributed by atoms with Crippen LogP contribution in [0.15, 0.2) is 12.1 Å². The molecule has 1 N–H and O–H groups in total. The van der Waals surface area contributed by atoms with E-state index in [0.29, 0.717) is 5.15 Å². The summed E-state index contributed by atoms with van der Waals surface area (Å²) in [4.78, 5) is 4.26. The second-order valence-corrected chi connectivity index (χ2v) is 6.52. The molecule has 3 nitrogen and oxygen atoms in total. The van der Waals surface area contributed by atoms with Crippen molar-refractivity contribution in [2.75, 3.05) is 5.32 Å². The second-order valence-electron chi connectivity index (χ2n) is 6.13. The van der Waals surface area contributed by atoms with E-state index in [1.165, 1.54) is 0 Å². The summed E-state index contributed by atoms with van der Waals surface area (Å²) >= 11 is 5.87. The van der Waals surface area contributed by atoms with Crippen molar-refractivity contribution in [1.82, 2.24) is 4.98 Å². The minimum atomic E-state index is -0.185. The van der Waals surface area contributed by atoms with Crippen molar-refractivity contribution in [2.45, 2.75) is 58.3 Å². The van der Waals surface area contributed by atoms with Crippen LogP contribution in [-0.4, -0.2) is 22.2 Å². The Hall–Kier alpha value is -0.800. The number of ether oxygens (including phenoxy) is 1. The fraction of sp³-hybridized carbons (Fsp3) is 0.643. The molecular weight excluding hydrogens is 248 g/mol. The number of anilines is 1. The van der Waals surface area contributed by atoms with E-state index in [2.05, 4.69) is 38.0 Å². The van der Waals surface area contributed by atoms with E-state index in [9.17, 15) is 0 Å². The first-order chi connectivity index (χ1) is 8.20. The molecule has 2 rings (SSSR count). The lowest BCUT2D eigenvalue weighted by molar-refractivity contribution is -0.0662. The van der Waals surface area contributed by atoms with Gasteiger partial charge in [-0.2, -0.15) is 0 Å². The van der Waals surface area contributed by atoms with Crippen molar-refractivity contribution in [3.8, 4) is 0 Å². The van der Waals surface area contributed by atoms with Crippen molar-refractivity contribution in [3.63, 3.8) is 0 Å². The minimum absolute atomic E-state index is 0.0884. The lowest BCUT2D eigenvalue weighted by atomic mass is 9.94. The minimum Gasteiger partial charge on any atom is -0.378 e. The Balaban J connectivity index is 2.19. The molecule has 1 aromatic rings. The Labute approximate surface area is 114 Å². The van der Waals surface area contributed by atoms with Gasteiger partial charge in [0.2, 0.25) is 0 Å². The summed E-state index contributed by atoms with van der Waals surface area (Å²) in [7, 11) is 0. The molecule has 4 heteroatoms. The number of pyridine rings is 1. The Morgan fingerprint density at radius 3 is 2.50 bits per heavy atom. The van der Waals surface area contributed by atoms with Gasteiger partial charge in [0, 0.05) is 0 Å². The van der Waals surface area contributed by atoms with E-state index in [0.717, 1.165) is 17.8 Å². The van der Waals surface area contributed by atoms with E-state index >= 15 is 0 Å². The van der Waals surface area contributed by atoms with E-state index < -0.39 is 0 Å². The fourth-order valence-electron chi connectivity index (χ4n) is 2.66. The van der Waals surface area contributed by atoms with Crippen LogP contribution in [0.2, 0.25) is 5.15 Å². The van der Waals surface area contributed by atoms with Gasteiger partial charge in [0.15, 0.2) is 0 Å². The zero-order valence-electron chi connectivity index (χ0n) is 11.7. The van der Waals surface area contributed by atoms with Gasteiger partial charge in [-0.15, -0.1) is 0 Å². The van der Waals surface area contributed by atoms with Gasteiger partial charge in [-0.3, -0.25) is 0 Å². The molecule has 1 aliphatic rings. The number of aromatic nitrogens is 1. The van der Waals surface area contributed by atoms with Gasteiger partial charge in [0.25, 0.3) is 0 Å². The first-order valence-electron chi connectivity index (χ1n) is 6.29. The molecule has 1 atom stereocenters. The second kappa shape index (κ2) is 4.39. The summed E-state index contributed by atoms with van der Waals surface area (Å²) < 4.78 is 6.08. The zero-order chi connectivity index (χ0) is 13.6. The standard InChI is InChI=1S/C14H21ClN2O/c1-9-10(6-7-12(15)16-9)17-11-8-13(2,3)18-14(11,4)5/h6-7,11,17H,8H2,1-5H3. The molecule has 2 heterocycles. The lowest BCUT2D eigenvalue weighted by Gasteiger charge is -2.28. The average molecular weight is 269 g/mol. The number of rotatable bonds is 2. The highest BCUT2D eigenvalue weighted by Crippen LogP contribution is 2.39. The highest BCUT2D eigenvalue weighted by molar-refractivity contribution is 6.29. The topological polar surface area (TPSA) is 34.2 Å². The molecular formula is C14H21ClN2O. The Kier molecular flexibility index (Phi) is 3.32. The van der Waals surface area contributed by atoms with Crippen LogP contribution in [0.3, 0.4) is 0 Å². The molecule has 100 valence electrons. The monoisotopic (exact) mass is 268 g/mol. The summed E-state index contributed by atoms with van der Waals surface area (Å²) in [5.41, 5.74) is 1.67. The maximum Gasteiger partial charge on any atom is 0.129 e. The summed E-state index contributed by atoms with van der Waals surface area (Å²) in [5, 5.41) is 4.06. The van der Waals surface area contributed by atoms with Crippen LogP contribution in [0.4, 0.5) is 5.69 Å². The number of hydrogen-bond donors (Lipinski definition) is 1. The van der Waals surface area contributed by atoms with Gasteiger partial charge in [0.05, 0.1) is 28.6 Å². The summed E-state index contributed by atoms with van der Waals surface area (Å²) in [6.45, 7) is 10.5. The third kappa shape index (κ3) is 2.78. The molecule has 0 bridgehead atoms. The van der Waals surface area contributed by atoms with Crippen LogP contribution in [-0.2, 0) is 4.74 Å². The summed E-state index contributed by atoms with van der Waals surface area (Å²) in [5.74, 6) is 0. The van der Waals surface area contributed by atoms with E-state index in [4.69, 9.17) is 16.3 Å². The molecule has 1 saturated heterocycles. The van der Waals surface area contributed by atoms with Gasteiger partial charge in [-0.1, -0.05) is 11.6 Å². The average Bonchev–Trinajstić information content (AvgIpc) is 2.39. The third-order valence-corrected chi connectivity index (χ3v) is 3.67. The van der Waals surface area contributed by atoms with Crippen LogP contribution < -0.4 is 5.32 Å². The Bertz CT molecular complexity index is 457. The summed E-state index contributed by atoms with van der Waals surface area (Å²) in [6, 6.07) is 4.06. The Morgan fingerprint density at radius 1 is 1.33 bits per heavy atom. The molecule has 0 saturated carbocycles. The highest BCUT2D eigenvalue weighted by Gasteiger charge is 2.45. The van der Waals surface area contributed by atoms with Crippen molar-refractivity contribution >= 4 is 17.3 Å². The maximum absolute atomic E-state index is 6.08. The normalized spacial score (nSPS) is 25.1. The highest BCUT2D eigenvalue weighted by atomic mass is 35.5. The Morgan fingerprint density at radius 2 is 2.00 bits per heavy atom. The molecule has 0 radical (unpaired) electrons. The van der Waals surface area contributed by atoms with Crippen LogP contribution in [0, 0.1) is 6.92 Å². The lowest BCUT2D eigenvalue weighted by Crippen LogP contribution is -2.38. The largest absolute Gasteiger partial charge is 0.378 e. The molecule has 0 aromatic carbocycles. The number of hydrogen-bond acceptors (Lipinski definition) is 3. The molecule has 1 aromatic heterocycles. The van der Waals surface area contributed by atoms with Crippen LogP contribution in [0.25, 0.3) is 0 Å². The zero-order valence-corrected chi connectivity index (χ0v) is 12.4. The number of nitrogens with zero attached hydrogens (tertiary/aromatic N) is 1. The van der Waals surface area contributed by atoms with Gasteiger partial charge in [-0.25, -0.2) is 4.98 Å². The van der Waals surface area contributed by atoms with Gasteiger partial charge >= 0.3 is 0 Å². The van der Waals surface area contributed by atoms with Crippen LogP contribution in [0.5, 0.6) is 0 Å². The molecule has 0 spiro atoms. The predicted molar refractivity (Wildman–Crippen MR) is 75.3 cm³/mol. The van der Waals surface area contributed by atoms with Crippen molar-refractivity contribution in [1.29, 1.82) is 0 Å². The van der Waals surface area contributed by atoms with Crippen LogP contribution >= 0.6 is 11.6 Å². The summed E-state index contributed by atoms with van der Waals surface area (Å²) in [6.07, 6.45) is 0.974. The van der Waals surface area contributed by atoms with Crippen molar-refractivity contribution in [2.24, 2.45) is 0 Å². The SMILES string of the molecule is Cc1nc(Cl)ccc1NC1CC(C)(C)OC1(C)C. The quantitative estimate of drug-likeness (QED) is 0.829. The number of nitrogens with one attached hydrogen (secondary N) is 1. The molecule has 18 heavy (non-hydrogen) atoms. The molecule has 0 amide bonds. The fourth-order valence-corrected chi connectivity index (χ4v) is 2.85. The molecule has 1 aliphatic heterocycles. The maximum atomic E-state index is 6.08. The van der Waals surface area contributed by atoms with Crippen molar-refractivity contribution < 1.29 is 4.74 Å². The van der Waals surface area contributed by atoms with E-state index in [1.807, 2.05) is 19.1 Å². The molecule has 1 unspecified atom stereocenters. The smallest absolute Gasteiger partial charge is 0.129 e. The van der Waals surface area contributed by atoms with Crippen molar-refractivity contribution in [3.05, 3.63) is 23.0 Å². The van der Waals surface area contributed by atoms with Gasteiger partial charge in [0.1, 0.15) is 5.15 Å². The van der Waals surface area contributed by atoms with E-state index in [1.54, 1.807) is 0 Å². The number of halogens is 1. The predicted octanol–water partition coefficient (Wildman–Crippen LogP) is 3.80. The third-order valence-electron chi connectivity index (χ3n) is 3.46. The number of aryl methyl sites for hydroxylation is 1. The first kappa shape index (κ1) is 13.6. The van der Waals surface area contributed by atoms with Gasteiger partial charge < -0.3 is 10.1 Å². The molecule has 0 aliphatic carbocycles.